The first kappa shape index (κ1) is 13.6. The zero-order valence-electron chi connectivity index (χ0n) is 11.8. The molecule has 0 aliphatic heterocycles. The molecule has 1 atom stereocenters. The largest absolute Gasteiger partial charge is 0.293 e. The second kappa shape index (κ2) is 5.93. The van der Waals surface area contributed by atoms with Gasteiger partial charge in [0.25, 0.3) is 0 Å². The van der Waals surface area contributed by atoms with Gasteiger partial charge in [-0.05, 0) is 29.9 Å². The van der Waals surface area contributed by atoms with Crippen molar-refractivity contribution in [2.45, 2.75) is 31.1 Å². The van der Waals surface area contributed by atoms with Crippen LogP contribution in [0.25, 0.3) is 0 Å². The van der Waals surface area contributed by atoms with Crippen LogP contribution in [0.15, 0.2) is 54.6 Å². The lowest BCUT2D eigenvalue weighted by atomic mass is 9.88. The zero-order valence-corrected chi connectivity index (χ0v) is 11.8. The minimum Gasteiger partial charge on any atom is -0.293 e. The molecule has 2 aromatic carbocycles. The minimum absolute atomic E-state index is 0.0325. The quantitative estimate of drug-likeness (QED) is 0.757. The lowest BCUT2D eigenvalue weighted by molar-refractivity contribution is 0.0960. The predicted octanol–water partition coefficient (Wildman–Crippen LogP) is 4.44. The fraction of sp³-hybridized carbons (Fsp3) is 0.263. The van der Waals surface area contributed by atoms with Crippen molar-refractivity contribution in [1.82, 2.24) is 0 Å². The Kier molecular flexibility index (Phi) is 3.83. The Hall–Kier alpha value is -2.40. The van der Waals surface area contributed by atoms with Crippen LogP contribution in [0, 0.1) is 11.3 Å². The molecule has 3 rings (SSSR count). The summed E-state index contributed by atoms with van der Waals surface area (Å²) in [6.07, 6.45) is 2.73. The molecule has 21 heavy (non-hydrogen) atoms. The highest BCUT2D eigenvalue weighted by atomic mass is 16.1. The van der Waals surface area contributed by atoms with Crippen LogP contribution < -0.4 is 0 Å². The summed E-state index contributed by atoms with van der Waals surface area (Å²) in [4.78, 5) is 12.7. The molecule has 0 heterocycles. The molecule has 1 aliphatic rings. The first-order valence-corrected chi connectivity index (χ1v) is 7.35. The van der Waals surface area contributed by atoms with Gasteiger partial charge in [-0.2, -0.15) is 5.26 Å². The molecule has 0 N–H and O–H groups in total. The van der Waals surface area contributed by atoms with Crippen LogP contribution in [0.5, 0.6) is 0 Å². The zero-order chi connectivity index (χ0) is 14.7. The number of hydrogen-bond donors (Lipinski definition) is 0. The van der Waals surface area contributed by atoms with Gasteiger partial charge >= 0.3 is 0 Å². The van der Waals surface area contributed by atoms with E-state index >= 15 is 0 Å². The molecule has 1 fully saturated rings. The first-order chi connectivity index (χ1) is 10.3. The van der Waals surface area contributed by atoms with Gasteiger partial charge in [-0.3, -0.25) is 4.79 Å². The van der Waals surface area contributed by atoms with Crippen LogP contribution in [0.1, 0.15) is 52.6 Å². The Morgan fingerprint density at radius 1 is 1.10 bits per heavy atom. The topological polar surface area (TPSA) is 40.9 Å². The maximum absolute atomic E-state index is 12.7. The number of carbonyl (C=O) groups excluding carboxylic acids is 1. The Balaban J connectivity index is 1.85. The molecule has 0 amide bonds. The van der Waals surface area contributed by atoms with Gasteiger partial charge in [-0.25, -0.2) is 0 Å². The molecule has 0 aromatic heterocycles. The van der Waals surface area contributed by atoms with E-state index < -0.39 is 0 Å². The van der Waals surface area contributed by atoms with Gasteiger partial charge < -0.3 is 0 Å². The maximum atomic E-state index is 12.7. The van der Waals surface area contributed by atoms with Gasteiger partial charge in [0.05, 0.1) is 12.0 Å². The third-order valence-electron chi connectivity index (χ3n) is 4.06. The number of carbonyl (C=O) groups is 1. The normalized spacial score (nSPS) is 15.2. The van der Waals surface area contributed by atoms with Gasteiger partial charge in [0, 0.05) is 12.0 Å². The molecule has 0 saturated heterocycles. The van der Waals surface area contributed by atoms with Crippen LogP contribution in [0.4, 0.5) is 0 Å². The van der Waals surface area contributed by atoms with Crippen molar-refractivity contribution < 1.29 is 4.79 Å². The minimum atomic E-state index is -0.372. The van der Waals surface area contributed by atoms with E-state index in [4.69, 9.17) is 5.26 Å². The molecule has 0 radical (unpaired) electrons. The van der Waals surface area contributed by atoms with Crippen molar-refractivity contribution in [2.24, 2.45) is 0 Å². The van der Waals surface area contributed by atoms with Crippen LogP contribution in [0.3, 0.4) is 0 Å². The summed E-state index contributed by atoms with van der Waals surface area (Å²) < 4.78 is 0. The summed E-state index contributed by atoms with van der Waals surface area (Å²) in [5.74, 6) is 0.353. The van der Waals surface area contributed by atoms with Gasteiger partial charge in [0.15, 0.2) is 5.78 Å². The van der Waals surface area contributed by atoms with Gasteiger partial charge in [0.1, 0.15) is 0 Å². The molecular formula is C19H17NO. The highest BCUT2D eigenvalue weighted by molar-refractivity contribution is 6.01. The average Bonchev–Trinajstić information content (AvgIpc) is 3.38. The van der Waals surface area contributed by atoms with Crippen molar-refractivity contribution >= 4 is 5.78 Å². The van der Waals surface area contributed by atoms with Crippen molar-refractivity contribution in [3.05, 3.63) is 71.3 Å². The second-order valence-corrected chi connectivity index (χ2v) is 5.59. The van der Waals surface area contributed by atoms with E-state index in [1.807, 2.05) is 42.5 Å². The molecular weight excluding hydrogens is 258 g/mol. The van der Waals surface area contributed by atoms with Crippen molar-refractivity contribution in [2.75, 3.05) is 0 Å². The number of ketones is 1. The third-order valence-corrected chi connectivity index (χ3v) is 4.06. The van der Waals surface area contributed by atoms with E-state index in [1.54, 1.807) is 0 Å². The number of hydrogen-bond acceptors (Lipinski definition) is 2. The molecule has 1 aliphatic carbocycles. The summed E-state index contributed by atoms with van der Waals surface area (Å²) in [5.41, 5.74) is 2.93. The lowest BCUT2D eigenvalue weighted by Crippen LogP contribution is -2.12. The lowest BCUT2D eigenvalue weighted by Gasteiger charge is -2.13. The average molecular weight is 275 g/mol. The molecule has 0 spiro atoms. The van der Waals surface area contributed by atoms with Gasteiger partial charge in [0.2, 0.25) is 0 Å². The predicted molar refractivity (Wildman–Crippen MR) is 82.2 cm³/mol. The van der Waals surface area contributed by atoms with Crippen LogP contribution in [0.2, 0.25) is 0 Å². The molecule has 0 bridgehead atoms. The molecule has 2 aromatic rings. The molecule has 1 unspecified atom stereocenters. The van der Waals surface area contributed by atoms with Gasteiger partial charge in [-0.15, -0.1) is 0 Å². The number of benzene rings is 2. The smallest absolute Gasteiger partial charge is 0.171 e. The molecule has 104 valence electrons. The monoisotopic (exact) mass is 275 g/mol. The summed E-state index contributed by atoms with van der Waals surface area (Å²) >= 11 is 0. The fourth-order valence-electron chi connectivity index (χ4n) is 2.68. The van der Waals surface area contributed by atoms with E-state index in [9.17, 15) is 4.79 Å². The number of nitriles is 1. The molecule has 2 heteroatoms. The Morgan fingerprint density at radius 3 is 2.33 bits per heavy atom. The highest BCUT2D eigenvalue weighted by Crippen LogP contribution is 2.40. The van der Waals surface area contributed by atoms with Crippen LogP contribution >= 0.6 is 0 Å². The summed E-state index contributed by atoms with van der Waals surface area (Å²) in [7, 11) is 0. The summed E-state index contributed by atoms with van der Waals surface area (Å²) in [6, 6.07) is 19.6. The Labute approximate surface area is 125 Å². The van der Waals surface area contributed by atoms with Crippen LogP contribution in [-0.4, -0.2) is 5.78 Å². The summed E-state index contributed by atoms with van der Waals surface area (Å²) in [5, 5.41) is 9.02. The first-order valence-electron chi connectivity index (χ1n) is 7.35. The molecule has 1 saturated carbocycles. The van der Waals surface area contributed by atoms with Crippen molar-refractivity contribution in [3.63, 3.8) is 0 Å². The number of Topliss-reactive ketones (excluding diaryl/α,β-unsaturated/α-hetero) is 1. The molecule has 2 nitrogen and oxygen atoms in total. The van der Waals surface area contributed by atoms with Crippen molar-refractivity contribution in [3.8, 4) is 6.07 Å². The van der Waals surface area contributed by atoms with Crippen LogP contribution in [-0.2, 0) is 0 Å². The van der Waals surface area contributed by atoms with Gasteiger partial charge in [-0.1, -0.05) is 54.6 Å². The third kappa shape index (κ3) is 3.03. The SMILES string of the molecule is N#CCC(C(=O)c1ccc(C2CC2)cc1)c1ccccc1. The van der Waals surface area contributed by atoms with E-state index in [1.165, 1.54) is 18.4 Å². The fourth-order valence-corrected chi connectivity index (χ4v) is 2.68. The van der Waals surface area contributed by atoms with Crippen molar-refractivity contribution in [1.29, 1.82) is 5.26 Å². The Morgan fingerprint density at radius 2 is 1.76 bits per heavy atom. The van der Waals surface area contributed by atoms with E-state index in [2.05, 4.69) is 18.2 Å². The maximum Gasteiger partial charge on any atom is 0.171 e. The summed E-state index contributed by atoms with van der Waals surface area (Å²) in [6.45, 7) is 0. The number of nitrogens with zero attached hydrogens (tertiary/aromatic N) is 1. The highest BCUT2D eigenvalue weighted by Gasteiger charge is 2.25. The standard InChI is InChI=1S/C19H17NO/c20-13-12-18(16-4-2-1-3-5-16)19(21)17-10-8-15(9-11-17)14-6-7-14/h1-5,8-11,14,18H,6-7,12H2. The van der Waals surface area contributed by atoms with E-state index in [-0.39, 0.29) is 18.1 Å². The number of rotatable bonds is 5. The second-order valence-electron chi connectivity index (χ2n) is 5.59. The Bertz CT molecular complexity index is 663. The van der Waals surface area contributed by atoms with E-state index in [0.29, 0.717) is 11.5 Å². The van der Waals surface area contributed by atoms with E-state index in [0.717, 1.165) is 5.56 Å².